The quantitative estimate of drug-likeness (QED) is 0.506. The third-order valence-electron chi connectivity index (χ3n) is 1.51. The number of nitrogens with zero attached hydrogens (tertiary/aromatic N) is 3. The zero-order valence-corrected chi connectivity index (χ0v) is 8.06. The first-order chi connectivity index (χ1) is 6.09. The summed E-state index contributed by atoms with van der Waals surface area (Å²) in [5, 5.41) is 3.91. The Kier molecular flexibility index (Phi) is 2.84. The lowest BCUT2D eigenvalue weighted by atomic mass is 10.2. The van der Waals surface area contributed by atoms with Gasteiger partial charge in [-0.15, -0.1) is 0 Å². The summed E-state index contributed by atoms with van der Waals surface area (Å²) in [6, 6.07) is 0. The average molecular weight is 179 g/mol. The first-order valence-electron chi connectivity index (χ1n) is 3.97. The number of aromatic nitrogens is 2. The van der Waals surface area contributed by atoms with Gasteiger partial charge in [-0.1, -0.05) is 0 Å². The number of rotatable bonds is 3. The van der Waals surface area contributed by atoms with Gasteiger partial charge in [0.05, 0.1) is 11.8 Å². The minimum Gasteiger partial charge on any atom is -0.383 e. The molecule has 0 spiro atoms. The molecule has 0 radical (unpaired) electrons. The maximum Gasteiger partial charge on any atom is 0.190 e. The number of hydrogen-bond acceptors (Lipinski definition) is 3. The molecule has 13 heavy (non-hydrogen) atoms. The van der Waals surface area contributed by atoms with Gasteiger partial charge in [0, 0.05) is 39.6 Å². The number of carbonyl (C=O) groups excluding carboxylic acids is 1. The highest BCUT2D eigenvalue weighted by molar-refractivity contribution is 6.04. The first-order valence-corrected chi connectivity index (χ1v) is 3.97. The van der Waals surface area contributed by atoms with E-state index in [9.17, 15) is 4.79 Å². The third-order valence-corrected chi connectivity index (χ3v) is 1.51. The van der Waals surface area contributed by atoms with Gasteiger partial charge in [0.15, 0.2) is 5.78 Å². The molecule has 0 aliphatic rings. The number of aryl methyl sites for hydroxylation is 1. The molecule has 0 aliphatic heterocycles. The minimum absolute atomic E-state index is 0.0261. The highest BCUT2D eigenvalue weighted by Crippen LogP contribution is 1.98. The second-order valence-electron chi connectivity index (χ2n) is 3.05. The van der Waals surface area contributed by atoms with Crippen molar-refractivity contribution in [3.05, 3.63) is 30.2 Å². The number of hydrogen-bond donors (Lipinski definition) is 0. The molecular weight excluding hydrogens is 166 g/mol. The fourth-order valence-corrected chi connectivity index (χ4v) is 0.861. The van der Waals surface area contributed by atoms with Gasteiger partial charge in [-0.2, -0.15) is 5.10 Å². The van der Waals surface area contributed by atoms with Crippen LogP contribution in [0.5, 0.6) is 0 Å². The van der Waals surface area contributed by atoms with Crippen molar-refractivity contribution in [3.8, 4) is 0 Å². The summed E-state index contributed by atoms with van der Waals surface area (Å²) >= 11 is 0. The van der Waals surface area contributed by atoms with E-state index < -0.39 is 0 Å². The topological polar surface area (TPSA) is 38.1 Å². The van der Waals surface area contributed by atoms with Gasteiger partial charge >= 0.3 is 0 Å². The monoisotopic (exact) mass is 179 g/mol. The molecule has 0 fully saturated rings. The van der Waals surface area contributed by atoms with Crippen LogP contribution in [0, 0.1) is 0 Å². The third kappa shape index (κ3) is 2.74. The lowest BCUT2D eigenvalue weighted by Crippen LogP contribution is -2.02. The van der Waals surface area contributed by atoms with Crippen LogP contribution in [0.1, 0.15) is 10.4 Å². The molecule has 0 bridgehead atoms. The van der Waals surface area contributed by atoms with Crippen molar-refractivity contribution in [2.75, 3.05) is 14.1 Å². The molecule has 4 nitrogen and oxygen atoms in total. The lowest BCUT2D eigenvalue weighted by Gasteiger charge is -2.01. The van der Waals surface area contributed by atoms with Crippen LogP contribution in [0.2, 0.25) is 0 Å². The molecule has 0 unspecified atom stereocenters. The van der Waals surface area contributed by atoms with Crippen molar-refractivity contribution in [1.29, 1.82) is 0 Å². The van der Waals surface area contributed by atoms with Gasteiger partial charge < -0.3 is 4.90 Å². The van der Waals surface area contributed by atoms with Crippen LogP contribution in [-0.2, 0) is 7.05 Å². The van der Waals surface area contributed by atoms with Gasteiger partial charge in [-0.05, 0) is 0 Å². The lowest BCUT2D eigenvalue weighted by molar-refractivity contribution is 0.104. The zero-order valence-electron chi connectivity index (χ0n) is 8.06. The van der Waals surface area contributed by atoms with Crippen LogP contribution >= 0.6 is 0 Å². The Balaban J connectivity index is 2.69. The Morgan fingerprint density at radius 2 is 2.31 bits per heavy atom. The molecule has 0 N–H and O–H groups in total. The Morgan fingerprint density at radius 3 is 2.77 bits per heavy atom. The van der Waals surface area contributed by atoms with Crippen molar-refractivity contribution in [2.24, 2.45) is 7.05 Å². The van der Waals surface area contributed by atoms with E-state index in [4.69, 9.17) is 0 Å². The highest BCUT2D eigenvalue weighted by atomic mass is 16.1. The minimum atomic E-state index is -0.0261. The molecule has 70 valence electrons. The maximum absolute atomic E-state index is 11.4. The Labute approximate surface area is 77.5 Å². The molecule has 0 aromatic carbocycles. The van der Waals surface area contributed by atoms with E-state index >= 15 is 0 Å². The van der Waals surface area contributed by atoms with Crippen LogP contribution in [0.4, 0.5) is 0 Å². The molecule has 0 saturated heterocycles. The van der Waals surface area contributed by atoms with Gasteiger partial charge in [0.2, 0.25) is 0 Å². The first kappa shape index (κ1) is 9.51. The Bertz CT molecular complexity index is 325. The van der Waals surface area contributed by atoms with E-state index in [0.29, 0.717) is 5.56 Å². The standard InChI is InChI=1S/C9H13N3O/c1-11(2)5-4-9(13)8-6-10-12(3)7-8/h4-7H,1-3H3/b5-4+. The Hall–Kier alpha value is -1.58. The smallest absolute Gasteiger partial charge is 0.190 e. The second-order valence-corrected chi connectivity index (χ2v) is 3.05. The molecule has 1 aromatic heterocycles. The molecule has 0 saturated carbocycles. The summed E-state index contributed by atoms with van der Waals surface area (Å²) in [6.07, 6.45) is 6.50. The number of carbonyl (C=O) groups is 1. The summed E-state index contributed by atoms with van der Waals surface area (Å²) in [4.78, 5) is 13.2. The maximum atomic E-state index is 11.4. The van der Waals surface area contributed by atoms with E-state index in [2.05, 4.69) is 5.10 Å². The van der Waals surface area contributed by atoms with Crippen LogP contribution in [0.15, 0.2) is 24.7 Å². The fourth-order valence-electron chi connectivity index (χ4n) is 0.861. The SMILES string of the molecule is CN(C)/C=C/C(=O)c1cnn(C)c1. The second kappa shape index (κ2) is 3.89. The van der Waals surface area contributed by atoms with Crippen molar-refractivity contribution in [2.45, 2.75) is 0 Å². The van der Waals surface area contributed by atoms with Crippen molar-refractivity contribution in [3.63, 3.8) is 0 Å². The molecule has 0 aliphatic carbocycles. The van der Waals surface area contributed by atoms with Crippen LogP contribution in [0.3, 0.4) is 0 Å². The normalized spacial score (nSPS) is 10.7. The highest BCUT2D eigenvalue weighted by Gasteiger charge is 2.02. The van der Waals surface area contributed by atoms with Crippen LogP contribution in [-0.4, -0.2) is 34.6 Å². The van der Waals surface area contributed by atoms with Gasteiger partial charge in [-0.3, -0.25) is 9.48 Å². The molecule has 1 heterocycles. The number of ketones is 1. The molecule has 4 heteroatoms. The summed E-state index contributed by atoms with van der Waals surface area (Å²) in [7, 11) is 5.52. The van der Waals surface area contributed by atoms with E-state index in [-0.39, 0.29) is 5.78 Å². The van der Waals surface area contributed by atoms with Crippen LogP contribution in [0.25, 0.3) is 0 Å². The van der Waals surface area contributed by atoms with E-state index in [1.807, 2.05) is 19.0 Å². The van der Waals surface area contributed by atoms with Crippen molar-refractivity contribution >= 4 is 5.78 Å². The molecule has 1 aromatic rings. The Morgan fingerprint density at radius 1 is 1.62 bits per heavy atom. The molecular formula is C9H13N3O. The summed E-state index contributed by atoms with van der Waals surface area (Å²) < 4.78 is 1.61. The van der Waals surface area contributed by atoms with Crippen molar-refractivity contribution in [1.82, 2.24) is 14.7 Å². The molecule has 0 amide bonds. The van der Waals surface area contributed by atoms with Gasteiger partial charge in [0.1, 0.15) is 0 Å². The zero-order chi connectivity index (χ0) is 9.84. The van der Waals surface area contributed by atoms with E-state index in [1.165, 1.54) is 6.08 Å². The summed E-state index contributed by atoms with van der Waals surface area (Å²) in [6.45, 7) is 0. The molecule has 1 rings (SSSR count). The van der Waals surface area contributed by atoms with Crippen LogP contribution < -0.4 is 0 Å². The van der Waals surface area contributed by atoms with E-state index in [0.717, 1.165) is 0 Å². The molecule has 0 atom stereocenters. The predicted molar refractivity (Wildman–Crippen MR) is 50.4 cm³/mol. The average Bonchev–Trinajstić information content (AvgIpc) is 2.47. The summed E-state index contributed by atoms with van der Waals surface area (Å²) in [5.41, 5.74) is 0.612. The van der Waals surface area contributed by atoms with Crippen molar-refractivity contribution < 1.29 is 4.79 Å². The number of allylic oxidation sites excluding steroid dienone is 1. The van der Waals surface area contributed by atoms with Gasteiger partial charge in [-0.25, -0.2) is 0 Å². The predicted octanol–water partition coefficient (Wildman–Crippen LogP) is 0.678. The largest absolute Gasteiger partial charge is 0.383 e. The van der Waals surface area contributed by atoms with Gasteiger partial charge in [0.25, 0.3) is 0 Å². The summed E-state index contributed by atoms with van der Waals surface area (Å²) in [5.74, 6) is -0.0261. The van der Waals surface area contributed by atoms with E-state index in [1.54, 1.807) is 30.3 Å². The fraction of sp³-hybridized carbons (Fsp3) is 0.333.